The van der Waals surface area contributed by atoms with E-state index in [2.05, 4.69) is 5.32 Å². The zero-order valence-electron chi connectivity index (χ0n) is 10.3. The van der Waals surface area contributed by atoms with Gasteiger partial charge in [-0.05, 0) is 24.6 Å². The van der Waals surface area contributed by atoms with Crippen LogP contribution >= 0.6 is 23.2 Å². The predicted octanol–water partition coefficient (Wildman–Crippen LogP) is 2.00. The van der Waals surface area contributed by atoms with E-state index in [0.29, 0.717) is 22.2 Å². The zero-order valence-corrected chi connectivity index (χ0v) is 11.8. The van der Waals surface area contributed by atoms with Gasteiger partial charge < -0.3 is 5.32 Å². The Morgan fingerprint density at radius 2 is 2.16 bits per heavy atom. The van der Waals surface area contributed by atoms with Crippen LogP contribution in [0.1, 0.15) is 16.8 Å². The number of hydrogen-bond acceptors (Lipinski definition) is 3. The number of carbonyl (C=O) groups excluding carboxylic acids is 2. The van der Waals surface area contributed by atoms with Crippen molar-refractivity contribution in [1.82, 2.24) is 10.2 Å². The molecule has 1 aromatic rings. The molecule has 19 heavy (non-hydrogen) atoms. The van der Waals surface area contributed by atoms with Gasteiger partial charge in [-0.1, -0.05) is 23.2 Å². The van der Waals surface area contributed by atoms with E-state index < -0.39 is 0 Å². The Labute approximate surface area is 121 Å². The first-order valence-corrected chi connectivity index (χ1v) is 6.79. The molecule has 0 bridgehead atoms. The third-order valence-corrected chi connectivity index (χ3v) is 3.49. The lowest BCUT2D eigenvalue weighted by Crippen LogP contribution is -2.36. The molecule has 1 heterocycles. The van der Waals surface area contributed by atoms with Gasteiger partial charge in [0, 0.05) is 23.7 Å². The van der Waals surface area contributed by atoms with Crippen LogP contribution in [0.3, 0.4) is 0 Å². The van der Waals surface area contributed by atoms with Crippen molar-refractivity contribution in [1.29, 1.82) is 0 Å². The highest BCUT2D eigenvalue weighted by Crippen LogP contribution is 2.21. The first kappa shape index (κ1) is 14.3. The Balaban J connectivity index is 2.05. The van der Waals surface area contributed by atoms with Crippen molar-refractivity contribution in [3.63, 3.8) is 0 Å². The summed E-state index contributed by atoms with van der Waals surface area (Å²) in [6.45, 7) is 1.81. The molecule has 2 rings (SSSR count). The summed E-state index contributed by atoms with van der Waals surface area (Å²) in [7, 11) is 0. The minimum absolute atomic E-state index is 0.0486. The van der Waals surface area contributed by atoms with Crippen molar-refractivity contribution < 1.29 is 9.59 Å². The number of hydrogen-bond donors (Lipinski definition) is 1. The van der Waals surface area contributed by atoms with Crippen LogP contribution in [0.25, 0.3) is 0 Å². The quantitative estimate of drug-likeness (QED) is 0.869. The maximum Gasteiger partial charge on any atom is 0.234 e. The lowest BCUT2D eigenvalue weighted by Gasteiger charge is -2.17. The molecule has 6 heteroatoms. The van der Waals surface area contributed by atoms with Gasteiger partial charge in [-0.2, -0.15) is 0 Å². The molecule has 102 valence electrons. The minimum atomic E-state index is -0.101. The van der Waals surface area contributed by atoms with Crippen LogP contribution in [-0.4, -0.2) is 42.8 Å². The third kappa shape index (κ3) is 3.93. The molecule has 0 aliphatic carbocycles. The van der Waals surface area contributed by atoms with Crippen molar-refractivity contribution in [3.05, 3.63) is 33.8 Å². The second-order valence-corrected chi connectivity index (χ2v) is 5.31. The molecule has 1 aromatic carbocycles. The van der Waals surface area contributed by atoms with Gasteiger partial charge >= 0.3 is 0 Å². The number of halogens is 2. The molecule has 1 amide bonds. The van der Waals surface area contributed by atoms with Crippen LogP contribution in [0, 0.1) is 0 Å². The molecule has 0 radical (unpaired) electrons. The second kappa shape index (κ2) is 6.37. The lowest BCUT2D eigenvalue weighted by atomic mass is 10.1. The molecule has 0 aromatic heterocycles. The number of nitrogens with zero attached hydrogens (tertiary/aromatic N) is 1. The highest BCUT2D eigenvalue weighted by Gasteiger charge is 2.19. The molecule has 0 atom stereocenters. The summed E-state index contributed by atoms with van der Waals surface area (Å²) in [5.74, 6) is -0.149. The fraction of sp³-hybridized carbons (Fsp3) is 0.385. The number of amides is 1. The Hall–Kier alpha value is -1.10. The summed E-state index contributed by atoms with van der Waals surface area (Å²) in [6, 6.07) is 4.80. The van der Waals surface area contributed by atoms with Crippen molar-refractivity contribution in [3.8, 4) is 0 Å². The molecule has 1 fully saturated rings. The summed E-state index contributed by atoms with van der Waals surface area (Å²) in [6.07, 6.45) is 0.841. The van der Waals surface area contributed by atoms with Gasteiger partial charge in [0.15, 0.2) is 5.78 Å². The van der Waals surface area contributed by atoms with E-state index >= 15 is 0 Å². The second-order valence-electron chi connectivity index (χ2n) is 4.46. The van der Waals surface area contributed by atoms with Gasteiger partial charge in [0.05, 0.1) is 18.1 Å². The Kier molecular flexibility index (Phi) is 4.80. The molecule has 1 aliphatic heterocycles. The van der Waals surface area contributed by atoms with E-state index in [0.717, 1.165) is 13.0 Å². The van der Waals surface area contributed by atoms with E-state index in [1.165, 1.54) is 0 Å². The molecule has 0 saturated carbocycles. The Morgan fingerprint density at radius 3 is 2.89 bits per heavy atom. The van der Waals surface area contributed by atoms with Crippen molar-refractivity contribution in [2.75, 3.05) is 26.2 Å². The molecule has 1 saturated heterocycles. The predicted molar refractivity (Wildman–Crippen MR) is 74.9 cm³/mol. The van der Waals surface area contributed by atoms with Crippen LogP contribution in [0.15, 0.2) is 18.2 Å². The van der Waals surface area contributed by atoms with Crippen LogP contribution < -0.4 is 5.32 Å². The van der Waals surface area contributed by atoms with Gasteiger partial charge in [0.25, 0.3) is 0 Å². The fourth-order valence-electron chi connectivity index (χ4n) is 2.01. The SMILES string of the molecule is O=C1CN(CC(=O)c2ccc(Cl)cc2Cl)CCCN1. The van der Waals surface area contributed by atoms with Crippen molar-refractivity contribution in [2.45, 2.75) is 6.42 Å². The van der Waals surface area contributed by atoms with Gasteiger partial charge in [0.1, 0.15) is 0 Å². The maximum atomic E-state index is 12.2. The van der Waals surface area contributed by atoms with Crippen molar-refractivity contribution in [2.24, 2.45) is 0 Å². The largest absolute Gasteiger partial charge is 0.355 e. The average Bonchev–Trinajstić information content (AvgIpc) is 2.53. The maximum absolute atomic E-state index is 12.2. The Morgan fingerprint density at radius 1 is 1.37 bits per heavy atom. The van der Waals surface area contributed by atoms with Crippen LogP contribution in [0.4, 0.5) is 0 Å². The molecule has 4 nitrogen and oxygen atoms in total. The molecular weight excluding hydrogens is 287 g/mol. The number of benzene rings is 1. The fourth-order valence-corrected chi connectivity index (χ4v) is 2.52. The number of carbonyl (C=O) groups is 2. The summed E-state index contributed by atoms with van der Waals surface area (Å²) < 4.78 is 0. The van der Waals surface area contributed by atoms with Gasteiger partial charge in [-0.25, -0.2) is 0 Å². The van der Waals surface area contributed by atoms with Gasteiger partial charge in [0.2, 0.25) is 5.91 Å². The number of nitrogens with one attached hydrogen (secondary N) is 1. The van der Waals surface area contributed by atoms with Crippen LogP contribution in [-0.2, 0) is 4.79 Å². The summed E-state index contributed by atoms with van der Waals surface area (Å²) in [5, 5.41) is 3.61. The van der Waals surface area contributed by atoms with E-state index in [-0.39, 0.29) is 24.8 Å². The zero-order chi connectivity index (χ0) is 13.8. The summed E-state index contributed by atoms with van der Waals surface area (Å²) in [5.41, 5.74) is 0.440. The monoisotopic (exact) mass is 300 g/mol. The van der Waals surface area contributed by atoms with Crippen LogP contribution in [0.2, 0.25) is 10.0 Å². The topological polar surface area (TPSA) is 49.4 Å². The number of ketones is 1. The minimum Gasteiger partial charge on any atom is -0.355 e. The molecule has 0 unspecified atom stereocenters. The van der Waals surface area contributed by atoms with E-state index in [1.807, 2.05) is 4.90 Å². The first-order valence-electron chi connectivity index (χ1n) is 6.03. The molecule has 0 spiro atoms. The highest BCUT2D eigenvalue weighted by molar-refractivity contribution is 6.36. The summed E-state index contributed by atoms with van der Waals surface area (Å²) >= 11 is 11.8. The van der Waals surface area contributed by atoms with Crippen LogP contribution in [0.5, 0.6) is 0 Å². The smallest absolute Gasteiger partial charge is 0.234 e. The lowest BCUT2D eigenvalue weighted by molar-refractivity contribution is -0.121. The average molecular weight is 301 g/mol. The van der Waals surface area contributed by atoms with Gasteiger partial charge in [-0.15, -0.1) is 0 Å². The third-order valence-electron chi connectivity index (χ3n) is 2.94. The van der Waals surface area contributed by atoms with E-state index in [1.54, 1.807) is 18.2 Å². The van der Waals surface area contributed by atoms with Crippen molar-refractivity contribution >= 4 is 34.9 Å². The first-order chi connectivity index (χ1) is 9.06. The number of Topliss-reactive ketones (excluding diaryl/α,β-unsaturated/α-hetero) is 1. The molecule has 1 N–H and O–H groups in total. The van der Waals surface area contributed by atoms with E-state index in [4.69, 9.17) is 23.2 Å². The molecular formula is C13H14Cl2N2O2. The number of rotatable bonds is 3. The van der Waals surface area contributed by atoms with Gasteiger partial charge in [-0.3, -0.25) is 14.5 Å². The Bertz CT molecular complexity index is 505. The summed E-state index contributed by atoms with van der Waals surface area (Å²) in [4.78, 5) is 25.4. The highest BCUT2D eigenvalue weighted by atomic mass is 35.5. The normalized spacial score (nSPS) is 16.8. The molecule has 1 aliphatic rings. The standard InChI is InChI=1S/C13H14Cl2N2O2/c14-9-2-3-10(11(15)6-9)12(18)7-17-5-1-4-16-13(19)8-17/h2-3,6H,1,4-5,7-8H2,(H,16,19). The van der Waals surface area contributed by atoms with E-state index in [9.17, 15) is 9.59 Å².